The molecule has 0 radical (unpaired) electrons. The number of piperazine rings is 1. The van der Waals surface area contributed by atoms with E-state index in [1.54, 1.807) is 6.20 Å². The first kappa shape index (κ1) is 20.1. The molecular weight excluding hydrogens is 374 g/mol. The highest BCUT2D eigenvalue weighted by atomic mass is 16.1. The van der Waals surface area contributed by atoms with E-state index >= 15 is 0 Å². The van der Waals surface area contributed by atoms with Crippen molar-refractivity contribution in [2.45, 2.75) is 26.8 Å². The van der Waals surface area contributed by atoms with Gasteiger partial charge < -0.3 is 9.88 Å². The Kier molecular flexibility index (Phi) is 5.56. The highest BCUT2D eigenvalue weighted by Gasteiger charge is 2.28. The quantitative estimate of drug-likeness (QED) is 0.723. The van der Waals surface area contributed by atoms with Crippen LogP contribution in [0.3, 0.4) is 0 Å². The Morgan fingerprint density at radius 1 is 1.10 bits per heavy atom. The summed E-state index contributed by atoms with van der Waals surface area (Å²) in [4.78, 5) is 24.3. The minimum absolute atomic E-state index is 0.0238. The Morgan fingerprint density at radius 3 is 2.50 bits per heavy atom. The molecule has 0 bridgehead atoms. The number of hydrogen-bond donors (Lipinski definition) is 1. The van der Waals surface area contributed by atoms with Crippen LogP contribution >= 0.6 is 0 Å². The lowest BCUT2D eigenvalue weighted by molar-refractivity contribution is 0.146. The zero-order valence-electron chi connectivity index (χ0n) is 17.7. The van der Waals surface area contributed by atoms with Gasteiger partial charge in [-0.1, -0.05) is 26.0 Å². The Morgan fingerprint density at radius 2 is 1.87 bits per heavy atom. The van der Waals surface area contributed by atoms with Crippen LogP contribution in [0.4, 0.5) is 5.82 Å². The summed E-state index contributed by atoms with van der Waals surface area (Å²) in [6.45, 7) is 10.0. The summed E-state index contributed by atoms with van der Waals surface area (Å²) < 4.78 is 0. The number of fused-ring (bicyclic) bond motifs is 1. The van der Waals surface area contributed by atoms with Gasteiger partial charge in [0.1, 0.15) is 11.9 Å². The van der Waals surface area contributed by atoms with Gasteiger partial charge in [0, 0.05) is 49.5 Å². The van der Waals surface area contributed by atoms with Crippen molar-refractivity contribution in [1.29, 1.82) is 5.26 Å². The van der Waals surface area contributed by atoms with Crippen molar-refractivity contribution < 1.29 is 0 Å². The highest BCUT2D eigenvalue weighted by Crippen LogP contribution is 2.31. The first-order valence-corrected chi connectivity index (χ1v) is 10.4. The monoisotopic (exact) mass is 401 g/mol. The molecule has 1 saturated heterocycles. The van der Waals surface area contributed by atoms with E-state index in [1.807, 2.05) is 25.1 Å². The lowest BCUT2D eigenvalue weighted by Gasteiger charge is -2.41. The molecule has 0 spiro atoms. The van der Waals surface area contributed by atoms with Gasteiger partial charge in [0.15, 0.2) is 0 Å². The normalized spacial score (nSPS) is 16.0. The molecule has 0 aliphatic carbocycles. The minimum Gasteiger partial charge on any atom is -0.354 e. The molecule has 1 fully saturated rings. The first-order chi connectivity index (χ1) is 14.5. The van der Waals surface area contributed by atoms with Crippen LogP contribution in [0.15, 0.2) is 47.4 Å². The zero-order valence-corrected chi connectivity index (χ0v) is 17.7. The number of aromatic amines is 1. The summed E-state index contributed by atoms with van der Waals surface area (Å²) in [6, 6.07) is 14.5. The summed E-state index contributed by atoms with van der Waals surface area (Å²) in [7, 11) is 0. The fourth-order valence-corrected chi connectivity index (χ4v) is 4.40. The van der Waals surface area contributed by atoms with E-state index in [0.29, 0.717) is 11.5 Å². The molecule has 154 valence electrons. The van der Waals surface area contributed by atoms with Gasteiger partial charge in [-0.2, -0.15) is 5.26 Å². The third-order valence-electron chi connectivity index (χ3n) is 5.94. The fraction of sp³-hybridized carbons (Fsp3) is 0.375. The molecule has 2 aromatic heterocycles. The Balaban J connectivity index is 1.54. The smallest absolute Gasteiger partial charge is 0.251 e. The summed E-state index contributed by atoms with van der Waals surface area (Å²) in [5.41, 5.74) is 3.44. The van der Waals surface area contributed by atoms with Crippen molar-refractivity contribution in [1.82, 2.24) is 14.9 Å². The number of H-pyrrole nitrogens is 1. The van der Waals surface area contributed by atoms with Crippen molar-refractivity contribution in [3.63, 3.8) is 0 Å². The number of rotatable bonds is 4. The Labute approximate surface area is 176 Å². The first-order valence-electron chi connectivity index (χ1n) is 10.4. The van der Waals surface area contributed by atoms with Gasteiger partial charge in [-0.15, -0.1) is 0 Å². The van der Waals surface area contributed by atoms with Gasteiger partial charge in [0.25, 0.3) is 5.56 Å². The molecule has 3 heterocycles. The fourth-order valence-electron chi connectivity index (χ4n) is 4.40. The number of nitrogens with one attached hydrogen (secondary N) is 1. The molecular formula is C24H27N5O. The average Bonchev–Trinajstić information content (AvgIpc) is 2.75. The Hall–Kier alpha value is -3.17. The van der Waals surface area contributed by atoms with Crippen molar-refractivity contribution in [3.05, 3.63) is 69.6 Å². The van der Waals surface area contributed by atoms with Crippen LogP contribution in [0.1, 0.15) is 36.6 Å². The lowest BCUT2D eigenvalue weighted by Crippen LogP contribution is -2.49. The minimum atomic E-state index is -0.0238. The summed E-state index contributed by atoms with van der Waals surface area (Å²) in [5, 5.41) is 10.0. The number of aromatic nitrogens is 2. The van der Waals surface area contributed by atoms with Gasteiger partial charge >= 0.3 is 0 Å². The van der Waals surface area contributed by atoms with Gasteiger partial charge in [0.05, 0.1) is 5.56 Å². The highest BCUT2D eigenvalue weighted by molar-refractivity contribution is 5.79. The second-order valence-corrected chi connectivity index (χ2v) is 8.36. The average molecular weight is 402 g/mol. The molecule has 1 N–H and O–H groups in total. The number of nitrogens with zero attached hydrogens (tertiary/aromatic N) is 4. The van der Waals surface area contributed by atoms with Gasteiger partial charge in [-0.3, -0.25) is 9.69 Å². The predicted octanol–water partition coefficient (Wildman–Crippen LogP) is 3.62. The molecule has 0 amide bonds. The van der Waals surface area contributed by atoms with Gasteiger partial charge in [0.2, 0.25) is 0 Å². The maximum absolute atomic E-state index is 12.1. The number of nitriles is 1. The number of pyridine rings is 2. The second-order valence-electron chi connectivity index (χ2n) is 8.36. The van der Waals surface area contributed by atoms with Crippen molar-refractivity contribution in [2.24, 2.45) is 5.92 Å². The number of anilines is 1. The van der Waals surface area contributed by atoms with Crippen molar-refractivity contribution in [3.8, 4) is 6.07 Å². The van der Waals surface area contributed by atoms with E-state index in [0.717, 1.165) is 48.5 Å². The van der Waals surface area contributed by atoms with Gasteiger partial charge in [-0.25, -0.2) is 4.98 Å². The molecule has 1 aliphatic heterocycles. The van der Waals surface area contributed by atoms with E-state index in [4.69, 9.17) is 5.26 Å². The largest absolute Gasteiger partial charge is 0.354 e. The summed E-state index contributed by atoms with van der Waals surface area (Å²) in [6.07, 6.45) is 1.64. The van der Waals surface area contributed by atoms with E-state index in [2.05, 4.69) is 57.9 Å². The maximum Gasteiger partial charge on any atom is 0.251 e. The van der Waals surface area contributed by atoms with E-state index in [1.165, 1.54) is 5.56 Å². The van der Waals surface area contributed by atoms with Crippen molar-refractivity contribution in [2.75, 3.05) is 31.1 Å². The van der Waals surface area contributed by atoms with Crippen LogP contribution in [-0.4, -0.2) is 41.0 Å². The predicted molar refractivity (Wildman–Crippen MR) is 120 cm³/mol. The molecule has 1 unspecified atom stereocenters. The standard InChI is InChI=1S/C24H27N5O/c1-16(2)23(20-6-5-19-12-17(3)24(30)27-21(19)13-20)29-10-8-28(9-11-29)22-7-4-18(14-25)15-26-22/h4-7,12-13,15-16,23H,8-11H2,1-3H3,(H,27,30). The molecule has 6 heteroatoms. The summed E-state index contributed by atoms with van der Waals surface area (Å²) >= 11 is 0. The van der Waals surface area contributed by atoms with Crippen LogP contribution in [0.5, 0.6) is 0 Å². The van der Waals surface area contributed by atoms with E-state index in [-0.39, 0.29) is 11.6 Å². The molecule has 0 saturated carbocycles. The van der Waals surface area contributed by atoms with Crippen molar-refractivity contribution >= 4 is 16.7 Å². The summed E-state index contributed by atoms with van der Waals surface area (Å²) in [5.74, 6) is 1.37. The number of benzene rings is 1. The molecule has 1 aliphatic rings. The molecule has 1 atom stereocenters. The third-order valence-corrected chi connectivity index (χ3v) is 5.94. The number of aryl methyl sites for hydroxylation is 1. The van der Waals surface area contributed by atoms with Crippen LogP contribution in [-0.2, 0) is 0 Å². The van der Waals surface area contributed by atoms with Gasteiger partial charge in [-0.05, 0) is 48.1 Å². The second kappa shape index (κ2) is 8.29. The maximum atomic E-state index is 12.1. The third kappa shape index (κ3) is 3.94. The molecule has 3 aromatic rings. The van der Waals surface area contributed by atoms with Crippen LogP contribution in [0.25, 0.3) is 10.9 Å². The topological polar surface area (TPSA) is 76.0 Å². The molecule has 6 nitrogen and oxygen atoms in total. The zero-order chi connectivity index (χ0) is 21.3. The van der Waals surface area contributed by atoms with Crippen LogP contribution in [0.2, 0.25) is 0 Å². The van der Waals surface area contributed by atoms with Crippen LogP contribution < -0.4 is 10.5 Å². The molecule has 30 heavy (non-hydrogen) atoms. The molecule has 4 rings (SSSR count). The van der Waals surface area contributed by atoms with Crippen LogP contribution in [0, 0.1) is 24.2 Å². The molecule has 1 aromatic carbocycles. The number of hydrogen-bond acceptors (Lipinski definition) is 5. The SMILES string of the molecule is Cc1cc2ccc(C(C(C)C)N3CCN(c4ccc(C#N)cn4)CC3)cc2[nH]c1=O. The Bertz CT molecular complexity index is 1130. The lowest BCUT2D eigenvalue weighted by atomic mass is 9.92. The van der Waals surface area contributed by atoms with E-state index < -0.39 is 0 Å². The van der Waals surface area contributed by atoms with E-state index in [9.17, 15) is 4.79 Å².